The van der Waals surface area contributed by atoms with Gasteiger partial charge in [0.1, 0.15) is 5.75 Å². The molecule has 0 unspecified atom stereocenters. The van der Waals surface area contributed by atoms with E-state index < -0.39 is 0 Å². The van der Waals surface area contributed by atoms with Crippen molar-refractivity contribution in [1.29, 1.82) is 0 Å². The summed E-state index contributed by atoms with van der Waals surface area (Å²) in [6.07, 6.45) is 4.41. The minimum atomic E-state index is -0.191. The van der Waals surface area contributed by atoms with E-state index >= 15 is 0 Å². The number of aryl methyl sites for hydroxylation is 1. The van der Waals surface area contributed by atoms with E-state index in [-0.39, 0.29) is 11.7 Å². The van der Waals surface area contributed by atoms with E-state index in [2.05, 4.69) is 26.3 Å². The normalized spacial score (nSPS) is 10.4. The zero-order valence-electron chi connectivity index (χ0n) is 10.2. The summed E-state index contributed by atoms with van der Waals surface area (Å²) in [6.45, 7) is 1.33. The lowest BCUT2D eigenvalue weighted by Crippen LogP contribution is -2.25. The highest BCUT2D eigenvalue weighted by atomic mass is 79.9. The van der Waals surface area contributed by atoms with Crippen LogP contribution < -0.4 is 5.32 Å². The van der Waals surface area contributed by atoms with Crippen LogP contribution in [0.3, 0.4) is 0 Å². The fourth-order valence-corrected chi connectivity index (χ4v) is 1.88. The summed E-state index contributed by atoms with van der Waals surface area (Å²) < 4.78 is 2.39. The Bertz CT molecular complexity index is 555. The number of hydrogen-bond donors (Lipinski definition) is 2. The van der Waals surface area contributed by atoms with Crippen molar-refractivity contribution in [3.8, 4) is 5.75 Å². The van der Waals surface area contributed by atoms with Crippen molar-refractivity contribution < 1.29 is 9.90 Å². The van der Waals surface area contributed by atoms with Crippen molar-refractivity contribution in [2.75, 3.05) is 6.54 Å². The van der Waals surface area contributed by atoms with Gasteiger partial charge < -0.3 is 10.4 Å². The second-order valence-electron chi connectivity index (χ2n) is 4.04. The molecule has 0 aliphatic carbocycles. The number of nitrogens with zero attached hydrogens (tertiary/aromatic N) is 2. The van der Waals surface area contributed by atoms with E-state index in [9.17, 15) is 9.90 Å². The van der Waals surface area contributed by atoms with Crippen LogP contribution in [0.15, 0.2) is 41.1 Å². The number of rotatable bonds is 5. The van der Waals surface area contributed by atoms with Gasteiger partial charge in [0.25, 0.3) is 5.91 Å². The summed E-state index contributed by atoms with van der Waals surface area (Å²) >= 11 is 3.17. The Morgan fingerprint density at radius 3 is 3.00 bits per heavy atom. The van der Waals surface area contributed by atoms with Gasteiger partial charge in [-0.15, -0.1) is 0 Å². The molecule has 0 fully saturated rings. The summed E-state index contributed by atoms with van der Waals surface area (Å²) in [5.41, 5.74) is 0.444. The minimum Gasteiger partial charge on any atom is -0.507 e. The molecule has 0 atom stereocenters. The van der Waals surface area contributed by atoms with Crippen LogP contribution in [0.5, 0.6) is 5.75 Å². The highest BCUT2D eigenvalue weighted by Gasteiger charge is 2.07. The van der Waals surface area contributed by atoms with Gasteiger partial charge in [-0.2, -0.15) is 5.10 Å². The number of aromatic hydroxyl groups is 1. The molecule has 1 amide bonds. The maximum Gasteiger partial charge on any atom is 0.251 e. The maximum atomic E-state index is 11.8. The van der Waals surface area contributed by atoms with E-state index in [1.165, 1.54) is 6.07 Å². The van der Waals surface area contributed by atoms with Gasteiger partial charge in [0, 0.05) is 31.0 Å². The minimum absolute atomic E-state index is 0.0594. The smallest absolute Gasteiger partial charge is 0.251 e. The van der Waals surface area contributed by atoms with Crippen LogP contribution in [0.2, 0.25) is 0 Å². The summed E-state index contributed by atoms with van der Waals surface area (Å²) in [5.74, 6) is -0.132. The zero-order valence-corrected chi connectivity index (χ0v) is 11.8. The van der Waals surface area contributed by atoms with Crippen LogP contribution >= 0.6 is 15.9 Å². The van der Waals surface area contributed by atoms with Crippen LogP contribution in [0.1, 0.15) is 16.8 Å². The van der Waals surface area contributed by atoms with Gasteiger partial charge in [0.15, 0.2) is 0 Å². The Kier molecular flexibility index (Phi) is 4.57. The lowest BCUT2D eigenvalue weighted by Gasteiger charge is -2.06. The van der Waals surface area contributed by atoms with Crippen LogP contribution in [0, 0.1) is 0 Å². The lowest BCUT2D eigenvalue weighted by molar-refractivity contribution is 0.0952. The Morgan fingerprint density at radius 1 is 1.47 bits per heavy atom. The van der Waals surface area contributed by atoms with Crippen molar-refractivity contribution in [1.82, 2.24) is 15.1 Å². The molecule has 1 aromatic carbocycles. The van der Waals surface area contributed by atoms with Gasteiger partial charge in [0.05, 0.1) is 4.47 Å². The quantitative estimate of drug-likeness (QED) is 0.829. The maximum absolute atomic E-state index is 11.8. The average molecular weight is 324 g/mol. The first-order valence-electron chi connectivity index (χ1n) is 5.91. The molecule has 0 bridgehead atoms. The first kappa shape index (κ1) is 13.6. The zero-order chi connectivity index (χ0) is 13.7. The van der Waals surface area contributed by atoms with Crippen molar-refractivity contribution in [2.24, 2.45) is 0 Å². The van der Waals surface area contributed by atoms with Crippen LogP contribution in [0.25, 0.3) is 0 Å². The van der Waals surface area contributed by atoms with E-state index in [0.29, 0.717) is 16.6 Å². The number of halogens is 1. The fraction of sp³-hybridized carbons (Fsp3) is 0.231. The fourth-order valence-electron chi connectivity index (χ4n) is 1.63. The van der Waals surface area contributed by atoms with Crippen LogP contribution in [-0.4, -0.2) is 27.3 Å². The monoisotopic (exact) mass is 323 g/mol. The highest BCUT2D eigenvalue weighted by molar-refractivity contribution is 9.10. The van der Waals surface area contributed by atoms with E-state index in [0.717, 1.165) is 13.0 Å². The van der Waals surface area contributed by atoms with Gasteiger partial charge in [-0.05, 0) is 46.6 Å². The average Bonchev–Trinajstić information content (AvgIpc) is 2.91. The number of phenolic OH excluding ortho intramolecular Hbond substituents is 1. The molecule has 5 nitrogen and oxygen atoms in total. The molecular weight excluding hydrogens is 310 g/mol. The summed E-state index contributed by atoms with van der Waals surface area (Å²) in [7, 11) is 0. The molecule has 0 saturated carbocycles. The first-order valence-corrected chi connectivity index (χ1v) is 6.70. The van der Waals surface area contributed by atoms with Crippen molar-refractivity contribution >= 4 is 21.8 Å². The molecule has 2 aromatic rings. The number of aromatic nitrogens is 2. The molecule has 0 aliphatic rings. The Morgan fingerprint density at radius 2 is 2.32 bits per heavy atom. The van der Waals surface area contributed by atoms with E-state index in [1.54, 1.807) is 18.3 Å². The van der Waals surface area contributed by atoms with E-state index in [4.69, 9.17) is 0 Å². The molecule has 0 saturated heterocycles. The molecule has 0 radical (unpaired) electrons. The second kappa shape index (κ2) is 6.38. The molecule has 2 rings (SSSR count). The molecule has 100 valence electrons. The molecule has 6 heteroatoms. The number of hydrogen-bond acceptors (Lipinski definition) is 3. The van der Waals surface area contributed by atoms with Crippen LogP contribution in [0.4, 0.5) is 0 Å². The van der Waals surface area contributed by atoms with Crippen LogP contribution in [-0.2, 0) is 6.54 Å². The standard InChI is InChI=1S/C13H14BrN3O2/c14-11-4-3-10(9-12(11)18)13(19)15-5-1-7-17-8-2-6-16-17/h2-4,6,8-9,18H,1,5,7H2,(H,15,19). The molecule has 0 aliphatic heterocycles. The molecule has 1 aromatic heterocycles. The summed E-state index contributed by atoms with van der Waals surface area (Å²) in [4.78, 5) is 11.8. The number of phenols is 1. The van der Waals surface area contributed by atoms with Gasteiger partial charge in [-0.1, -0.05) is 0 Å². The number of nitrogens with one attached hydrogen (secondary N) is 1. The summed E-state index contributed by atoms with van der Waals surface area (Å²) in [5, 5.41) is 16.4. The third kappa shape index (κ3) is 3.82. The lowest BCUT2D eigenvalue weighted by atomic mass is 10.2. The number of carbonyl (C=O) groups is 1. The highest BCUT2D eigenvalue weighted by Crippen LogP contribution is 2.24. The topological polar surface area (TPSA) is 67.2 Å². The van der Waals surface area contributed by atoms with Crippen molar-refractivity contribution in [3.05, 3.63) is 46.7 Å². The van der Waals surface area contributed by atoms with Gasteiger partial charge in [-0.3, -0.25) is 9.48 Å². The number of amides is 1. The molecule has 19 heavy (non-hydrogen) atoms. The molecular formula is C13H14BrN3O2. The second-order valence-corrected chi connectivity index (χ2v) is 4.90. The van der Waals surface area contributed by atoms with Crippen molar-refractivity contribution in [3.63, 3.8) is 0 Å². The SMILES string of the molecule is O=C(NCCCn1cccn1)c1ccc(Br)c(O)c1. The third-order valence-corrected chi connectivity index (χ3v) is 3.29. The third-order valence-electron chi connectivity index (χ3n) is 2.62. The Balaban J connectivity index is 1.79. The van der Waals surface area contributed by atoms with Gasteiger partial charge in [-0.25, -0.2) is 0 Å². The number of benzene rings is 1. The predicted octanol–water partition coefficient (Wildman–Crippen LogP) is 2.17. The number of carbonyl (C=O) groups excluding carboxylic acids is 1. The molecule has 2 N–H and O–H groups in total. The first-order chi connectivity index (χ1) is 9.16. The van der Waals surface area contributed by atoms with Crippen molar-refractivity contribution in [2.45, 2.75) is 13.0 Å². The predicted molar refractivity (Wildman–Crippen MR) is 75.0 cm³/mol. The summed E-state index contributed by atoms with van der Waals surface area (Å²) in [6, 6.07) is 6.61. The Hall–Kier alpha value is -1.82. The molecule has 0 spiro atoms. The largest absolute Gasteiger partial charge is 0.507 e. The Labute approximate surface area is 119 Å². The van der Waals surface area contributed by atoms with Gasteiger partial charge >= 0.3 is 0 Å². The molecule has 1 heterocycles. The van der Waals surface area contributed by atoms with E-state index in [1.807, 2.05) is 16.9 Å². The van der Waals surface area contributed by atoms with Gasteiger partial charge in [0.2, 0.25) is 0 Å².